The van der Waals surface area contributed by atoms with Crippen LogP contribution in [0.5, 0.6) is 0 Å². The van der Waals surface area contributed by atoms with Gasteiger partial charge in [-0.05, 0) is 37.3 Å². The van der Waals surface area contributed by atoms with Crippen molar-refractivity contribution >= 4 is 5.97 Å². The molecule has 20 heavy (non-hydrogen) atoms. The molecule has 1 aliphatic carbocycles. The lowest BCUT2D eigenvalue weighted by molar-refractivity contribution is 0.0696. The number of nitrogens with one attached hydrogen (secondary N) is 1. The predicted molar refractivity (Wildman–Crippen MR) is 78.7 cm³/mol. The molecule has 1 heterocycles. The van der Waals surface area contributed by atoms with Gasteiger partial charge in [-0.2, -0.15) is 0 Å². The molecule has 1 aromatic rings. The van der Waals surface area contributed by atoms with Gasteiger partial charge in [-0.3, -0.25) is 4.98 Å². The van der Waals surface area contributed by atoms with Crippen LogP contribution in [0.25, 0.3) is 0 Å². The molecule has 110 valence electrons. The summed E-state index contributed by atoms with van der Waals surface area (Å²) in [6.45, 7) is 2.95. The Hall–Kier alpha value is -1.42. The Labute approximate surface area is 120 Å². The molecule has 0 aliphatic heterocycles. The van der Waals surface area contributed by atoms with Gasteiger partial charge in [0, 0.05) is 18.8 Å². The monoisotopic (exact) mass is 276 g/mol. The zero-order valence-corrected chi connectivity index (χ0v) is 12.1. The van der Waals surface area contributed by atoms with Crippen LogP contribution in [0, 0.1) is 5.92 Å². The van der Waals surface area contributed by atoms with Gasteiger partial charge in [0.15, 0.2) is 0 Å². The molecule has 2 rings (SSSR count). The van der Waals surface area contributed by atoms with Gasteiger partial charge in [0.1, 0.15) is 0 Å². The first kappa shape index (κ1) is 15.0. The van der Waals surface area contributed by atoms with E-state index in [-0.39, 0.29) is 5.56 Å². The Morgan fingerprint density at radius 3 is 2.70 bits per heavy atom. The van der Waals surface area contributed by atoms with Crippen molar-refractivity contribution in [2.45, 2.75) is 58.0 Å². The fraction of sp³-hybridized carbons (Fsp3) is 0.625. The molecule has 0 spiro atoms. The number of carbonyl (C=O) groups is 1. The predicted octanol–water partition coefficient (Wildman–Crippen LogP) is 3.23. The molecular formula is C16H24N2O2. The summed E-state index contributed by atoms with van der Waals surface area (Å²) in [7, 11) is 0. The summed E-state index contributed by atoms with van der Waals surface area (Å²) in [6.07, 6.45) is 9.32. The van der Waals surface area contributed by atoms with Gasteiger partial charge in [0.05, 0.1) is 11.3 Å². The highest BCUT2D eigenvalue weighted by atomic mass is 16.4. The summed E-state index contributed by atoms with van der Waals surface area (Å²) in [6, 6.07) is 3.97. The second kappa shape index (κ2) is 7.39. The van der Waals surface area contributed by atoms with E-state index in [1.165, 1.54) is 38.3 Å². The first-order chi connectivity index (χ1) is 9.70. The zero-order chi connectivity index (χ0) is 14.4. The summed E-state index contributed by atoms with van der Waals surface area (Å²) in [5.41, 5.74) is 1.15. The number of aromatic nitrogens is 1. The molecule has 0 radical (unpaired) electrons. The van der Waals surface area contributed by atoms with Crippen LogP contribution in [0.4, 0.5) is 0 Å². The lowest BCUT2D eigenvalue weighted by Crippen LogP contribution is -2.36. The number of carboxylic acids is 1. The third kappa shape index (κ3) is 4.04. The minimum atomic E-state index is -0.925. The van der Waals surface area contributed by atoms with Crippen molar-refractivity contribution in [2.24, 2.45) is 5.92 Å². The Morgan fingerprint density at radius 1 is 1.40 bits per heavy atom. The van der Waals surface area contributed by atoms with Crippen molar-refractivity contribution in [1.29, 1.82) is 0 Å². The molecular weight excluding hydrogens is 252 g/mol. The van der Waals surface area contributed by atoms with E-state index in [1.54, 1.807) is 12.1 Å². The van der Waals surface area contributed by atoms with E-state index in [4.69, 9.17) is 5.11 Å². The zero-order valence-electron chi connectivity index (χ0n) is 12.1. The minimum Gasteiger partial charge on any atom is -0.478 e. The van der Waals surface area contributed by atoms with Crippen LogP contribution < -0.4 is 5.32 Å². The Bertz CT molecular complexity index is 425. The van der Waals surface area contributed by atoms with E-state index in [2.05, 4.69) is 17.2 Å². The summed E-state index contributed by atoms with van der Waals surface area (Å²) in [5.74, 6) is -0.141. The summed E-state index contributed by atoms with van der Waals surface area (Å²) in [4.78, 5) is 15.0. The number of rotatable bonds is 6. The number of hydrogen-bond donors (Lipinski definition) is 2. The van der Waals surface area contributed by atoms with Crippen LogP contribution in [-0.4, -0.2) is 22.1 Å². The lowest BCUT2D eigenvalue weighted by Gasteiger charge is -2.30. The quantitative estimate of drug-likeness (QED) is 0.837. The standard InChI is InChI=1S/C16H24N2O2/c1-2-15(12-6-4-3-5-7-12)18-11-14-9-8-13(10-17-14)16(19)20/h8-10,12,15,18H,2-7,11H2,1H3,(H,19,20). The highest BCUT2D eigenvalue weighted by Crippen LogP contribution is 2.27. The van der Waals surface area contributed by atoms with Gasteiger partial charge in [0.25, 0.3) is 0 Å². The molecule has 1 saturated carbocycles. The van der Waals surface area contributed by atoms with Crippen molar-refractivity contribution < 1.29 is 9.90 Å². The Kier molecular flexibility index (Phi) is 5.53. The van der Waals surface area contributed by atoms with E-state index >= 15 is 0 Å². The van der Waals surface area contributed by atoms with Gasteiger partial charge < -0.3 is 10.4 Å². The lowest BCUT2D eigenvalue weighted by atomic mass is 9.83. The molecule has 1 aromatic heterocycles. The van der Waals surface area contributed by atoms with Crippen LogP contribution in [-0.2, 0) is 6.54 Å². The van der Waals surface area contributed by atoms with E-state index < -0.39 is 5.97 Å². The number of aromatic carboxylic acids is 1. The number of pyridine rings is 1. The fourth-order valence-corrected chi connectivity index (χ4v) is 3.07. The first-order valence-electron chi connectivity index (χ1n) is 7.62. The summed E-state index contributed by atoms with van der Waals surface area (Å²) in [5, 5.41) is 12.4. The molecule has 1 unspecified atom stereocenters. The van der Waals surface area contributed by atoms with E-state index in [1.807, 2.05) is 0 Å². The van der Waals surface area contributed by atoms with Crippen LogP contribution in [0.1, 0.15) is 61.5 Å². The average molecular weight is 276 g/mol. The molecule has 0 amide bonds. The SMILES string of the molecule is CCC(NCc1ccc(C(=O)O)cn1)C1CCCCC1. The normalized spacial score (nSPS) is 17.9. The van der Waals surface area contributed by atoms with Crippen molar-refractivity contribution in [3.05, 3.63) is 29.6 Å². The maximum absolute atomic E-state index is 10.8. The molecule has 1 fully saturated rings. The van der Waals surface area contributed by atoms with Gasteiger partial charge in [0.2, 0.25) is 0 Å². The van der Waals surface area contributed by atoms with Crippen LogP contribution in [0.15, 0.2) is 18.3 Å². The van der Waals surface area contributed by atoms with E-state index in [0.29, 0.717) is 6.04 Å². The smallest absolute Gasteiger partial charge is 0.337 e. The second-order valence-corrected chi connectivity index (χ2v) is 5.64. The van der Waals surface area contributed by atoms with Crippen molar-refractivity contribution in [2.75, 3.05) is 0 Å². The fourth-order valence-electron chi connectivity index (χ4n) is 3.07. The molecule has 1 aliphatic rings. The van der Waals surface area contributed by atoms with E-state index in [0.717, 1.165) is 24.6 Å². The minimum absolute atomic E-state index is 0.244. The molecule has 2 N–H and O–H groups in total. The molecule has 0 aromatic carbocycles. The van der Waals surface area contributed by atoms with Gasteiger partial charge >= 0.3 is 5.97 Å². The van der Waals surface area contributed by atoms with Gasteiger partial charge in [-0.25, -0.2) is 4.79 Å². The maximum atomic E-state index is 10.8. The van der Waals surface area contributed by atoms with E-state index in [9.17, 15) is 4.79 Å². The number of carboxylic acid groups (broad SMARTS) is 1. The molecule has 0 saturated heterocycles. The third-order valence-corrected chi connectivity index (χ3v) is 4.28. The third-order valence-electron chi connectivity index (χ3n) is 4.28. The van der Waals surface area contributed by atoms with Crippen molar-refractivity contribution in [3.63, 3.8) is 0 Å². The van der Waals surface area contributed by atoms with Gasteiger partial charge in [-0.15, -0.1) is 0 Å². The Morgan fingerprint density at radius 2 is 2.15 bits per heavy atom. The average Bonchev–Trinajstić information content (AvgIpc) is 2.49. The van der Waals surface area contributed by atoms with Gasteiger partial charge in [-0.1, -0.05) is 26.2 Å². The topological polar surface area (TPSA) is 62.2 Å². The highest BCUT2D eigenvalue weighted by molar-refractivity contribution is 5.87. The van der Waals surface area contributed by atoms with Crippen LogP contribution in [0.2, 0.25) is 0 Å². The van der Waals surface area contributed by atoms with Crippen molar-refractivity contribution in [1.82, 2.24) is 10.3 Å². The largest absolute Gasteiger partial charge is 0.478 e. The molecule has 1 atom stereocenters. The van der Waals surface area contributed by atoms with Crippen molar-refractivity contribution in [3.8, 4) is 0 Å². The molecule has 4 nitrogen and oxygen atoms in total. The Balaban J connectivity index is 1.87. The summed E-state index contributed by atoms with van der Waals surface area (Å²) < 4.78 is 0. The highest BCUT2D eigenvalue weighted by Gasteiger charge is 2.21. The first-order valence-corrected chi connectivity index (χ1v) is 7.62. The van der Waals surface area contributed by atoms with Crippen LogP contribution in [0.3, 0.4) is 0 Å². The maximum Gasteiger partial charge on any atom is 0.337 e. The number of hydrogen-bond acceptors (Lipinski definition) is 3. The molecule has 0 bridgehead atoms. The number of nitrogens with zero attached hydrogens (tertiary/aromatic N) is 1. The summed E-state index contributed by atoms with van der Waals surface area (Å²) >= 11 is 0. The van der Waals surface area contributed by atoms with Crippen LogP contribution >= 0.6 is 0 Å². The second-order valence-electron chi connectivity index (χ2n) is 5.64. The molecule has 4 heteroatoms.